The Kier molecular flexibility index (Phi) is 3.78. The molecule has 22 heavy (non-hydrogen) atoms. The molecular weight excluding hydrogens is 274 g/mol. The van der Waals surface area contributed by atoms with Crippen LogP contribution in [0.25, 0.3) is 10.9 Å². The van der Waals surface area contributed by atoms with Gasteiger partial charge in [0.1, 0.15) is 5.75 Å². The standard InChI is InChI=1S/C18H25N3O/c1-13-16-12-19-20-17(16)8-9-18(13)22-15-6-4-14(5-7-15)21-10-2-3-11-21/h8-9,12,14-15H,2-7,10-11H2,1H3,(H,19,20)/t14-,15+. The molecule has 1 aromatic carbocycles. The highest BCUT2D eigenvalue weighted by molar-refractivity contribution is 5.83. The zero-order chi connectivity index (χ0) is 14.9. The predicted octanol–water partition coefficient (Wildman–Crippen LogP) is 3.66. The third kappa shape index (κ3) is 2.60. The molecule has 1 saturated heterocycles. The fraction of sp³-hybridized carbons (Fsp3) is 0.611. The second-order valence-corrected chi connectivity index (χ2v) is 6.81. The van der Waals surface area contributed by atoms with Gasteiger partial charge in [0.15, 0.2) is 0 Å². The monoisotopic (exact) mass is 299 g/mol. The smallest absolute Gasteiger partial charge is 0.123 e. The minimum atomic E-state index is 0.377. The molecule has 2 fully saturated rings. The first-order valence-electron chi connectivity index (χ1n) is 8.64. The van der Waals surface area contributed by atoms with Crippen LogP contribution in [0.2, 0.25) is 0 Å². The molecule has 1 saturated carbocycles. The van der Waals surface area contributed by atoms with Crippen molar-refractivity contribution >= 4 is 10.9 Å². The number of nitrogens with zero attached hydrogens (tertiary/aromatic N) is 2. The van der Waals surface area contributed by atoms with Gasteiger partial charge in [-0.05, 0) is 70.7 Å². The minimum Gasteiger partial charge on any atom is -0.490 e. The van der Waals surface area contributed by atoms with Gasteiger partial charge in [-0.15, -0.1) is 0 Å². The fourth-order valence-electron chi connectivity index (χ4n) is 4.08. The van der Waals surface area contributed by atoms with Crippen LogP contribution in [0, 0.1) is 6.92 Å². The lowest BCUT2D eigenvalue weighted by molar-refractivity contribution is 0.0997. The first-order chi connectivity index (χ1) is 10.8. The molecule has 0 bridgehead atoms. The van der Waals surface area contributed by atoms with E-state index < -0.39 is 0 Å². The van der Waals surface area contributed by atoms with E-state index in [9.17, 15) is 0 Å². The average molecular weight is 299 g/mol. The van der Waals surface area contributed by atoms with Crippen molar-refractivity contribution in [1.82, 2.24) is 15.1 Å². The number of hydrogen-bond acceptors (Lipinski definition) is 3. The van der Waals surface area contributed by atoms with Crippen LogP contribution in [0.15, 0.2) is 18.3 Å². The van der Waals surface area contributed by atoms with Gasteiger partial charge in [0.05, 0.1) is 17.8 Å². The number of aromatic amines is 1. The summed E-state index contributed by atoms with van der Waals surface area (Å²) in [6.45, 7) is 4.75. The Morgan fingerprint density at radius 2 is 1.91 bits per heavy atom. The fourth-order valence-corrected chi connectivity index (χ4v) is 4.08. The molecule has 2 heterocycles. The van der Waals surface area contributed by atoms with Crippen LogP contribution in [0.4, 0.5) is 0 Å². The number of rotatable bonds is 3. The number of hydrogen-bond donors (Lipinski definition) is 1. The third-order valence-electron chi connectivity index (χ3n) is 5.44. The summed E-state index contributed by atoms with van der Waals surface area (Å²) >= 11 is 0. The van der Waals surface area contributed by atoms with Gasteiger partial charge in [0, 0.05) is 17.0 Å². The molecular formula is C18H25N3O. The SMILES string of the molecule is Cc1c(O[C@H]2CC[C@@H](N3CCCC3)CC2)ccc2[nH]ncc12. The molecule has 1 N–H and O–H groups in total. The van der Waals surface area contributed by atoms with Gasteiger partial charge in [-0.1, -0.05) is 0 Å². The molecule has 2 aromatic rings. The molecule has 118 valence electrons. The van der Waals surface area contributed by atoms with Crippen LogP contribution in [0.1, 0.15) is 44.1 Å². The summed E-state index contributed by atoms with van der Waals surface area (Å²) in [5.41, 5.74) is 2.29. The van der Waals surface area contributed by atoms with Crippen LogP contribution >= 0.6 is 0 Å². The van der Waals surface area contributed by atoms with Crippen molar-refractivity contribution in [2.75, 3.05) is 13.1 Å². The Bertz CT molecular complexity index is 637. The summed E-state index contributed by atoms with van der Waals surface area (Å²) in [6, 6.07) is 4.96. The molecule has 0 atom stereocenters. The molecule has 2 aliphatic rings. The van der Waals surface area contributed by atoms with E-state index in [4.69, 9.17) is 4.74 Å². The maximum atomic E-state index is 6.31. The number of aromatic nitrogens is 2. The summed E-state index contributed by atoms with van der Waals surface area (Å²) < 4.78 is 6.31. The van der Waals surface area contributed by atoms with Gasteiger partial charge in [0.2, 0.25) is 0 Å². The van der Waals surface area contributed by atoms with Gasteiger partial charge in [-0.25, -0.2) is 0 Å². The van der Waals surface area contributed by atoms with Crippen LogP contribution in [0.3, 0.4) is 0 Å². The highest BCUT2D eigenvalue weighted by atomic mass is 16.5. The number of fused-ring (bicyclic) bond motifs is 1. The van der Waals surface area contributed by atoms with Gasteiger partial charge >= 0.3 is 0 Å². The zero-order valence-corrected chi connectivity index (χ0v) is 13.3. The van der Waals surface area contributed by atoms with E-state index in [1.807, 2.05) is 6.20 Å². The zero-order valence-electron chi connectivity index (χ0n) is 13.3. The molecule has 0 unspecified atom stereocenters. The van der Waals surface area contributed by atoms with Crippen molar-refractivity contribution in [2.45, 2.75) is 57.6 Å². The number of benzene rings is 1. The number of nitrogens with one attached hydrogen (secondary N) is 1. The number of ether oxygens (including phenoxy) is 1. The van der Waals surface area contributed by atoms with E-state index in [1.165, 1.54) is 62.6 Å². The molecule has 0 spiro atoms. The summed E-state index contributed by atoms with van der Waals surface area (Å²) in [5.74, 6) is 1.03. The number of likely N-dealkylation sites (tertiary alicyclic amines) is 1. The normalized spacial score (nSPS) is 26.6. The lowest BCUT2D eigenvalue weighted by Crippen LogP contribution is -2.38. The summed E-state index contributed by atoms with van der Waals surface area (Å²) in [4.78, 5) is 2.69. The Balaban J connectivity index is 1.40. The minimum absolute atomic E-state index is 0.377. The second kappa shape index (κ2) is 5.92. The first-order valence-corrected chi connectivity index (χ1v) is 8.64. The van der Waals surface area contributed by atoms with Crippen molar-refractivity contribution in [3.05, 3.63) is 23.9 Å². The molecule has 1 aromatic heterocycles. The summed E-state index contributed by atoms with van der Waals surface area (Å²) in [5, 5.41) is 8.30. The third-order valence-corrected chi connectivity index (χ3v) is 5.44. The first kappa shape index (κ1) is 14.1. The topological polar surface area (TPSA) is 41.1 Å². The average Bonchev–Trinajstić information content (AvgIpc) is 3.22. The van der Waals surface area contributed by atoms with E-state index in [1.54, 1.807) is 0 Å². The lowest BCUT2D eigenvalue weighted by Gasteiger charge is -2.34. The van der Waals surface area contributed by atoms with Crippen molar-refractivity contribution in [3.8, 4) is 5.75 Å². The van der Waals surface area contributed by atoms with Crippen molar-refractivity contribution in [2.24, 2.45) is 0 Å². The highest BCUT2D eigenvalue weighted by Gasteiger charge is 2.28. The van der Waals surface area contributed by atoms with Crippen molar-refractivity contribution in [1.29, 1.82) is 0 Å². The van der Waals surface area contributed by atoms with Crippen LogP contribution in [0.5, 0.6) is 5.75 Å². The van der Waals surface area contributed by atoms with Gasteiger partial charge in [-0.2, -0.15) is 5.10 Å². The Morgan fingerprint density at radius 1 is 1.14 bits per heavy atom. The maximum Gasteiger partial charge on any atom is 0.123 e. The van der Waals surface area contributed by atoms with Crippen molar-refractivity contribution < 1.29 is 4.74 Å². The van der Waals surface area contributed by atoms with E-state index in [0.717, 1.165) is 17.3 Å². The van der Waals surface area contributed by atoms with E-state index in [2.05, 4.69) is 34.2 Å². The number of aryl methyl sites for hydroxylation is 1. The molecule has 0 radical (unpaired) electrons. The Morgan fingerprint density at radius 3 is 2.68 bits per heavy atom. The van der Waals surface area contributed by atoms with Crippen LogP contribution in [-0.4, -0.2) is 40.3 Å². The quantitative estimate of drug-likeness (QED) is 0.940. The molecule has 4 nitrogen and oxygen atoms in total. The Hall–Kier alpha value is -1.55. The molecule has 0 amide bonds. The summed E-state index contributed by atoms with van der Waals surface area (Å²) in [6.07, 6.45) is 9.99. The van der Waals surface area contributed by atoms with Gasteiger partial charge < -0.3 is 9.64 Å². The Labute approximate surface area is 131 Å². The van der Waals surface area contributed by atoms with Gasteiger partial charge in [-0.3, -0.25) is 5.10 Å². The highest BCUT2D eigenvalue weighted by Crippen LogP contribution is 2.31. The summed E-state index contributed by atoms with van der Waals surface area (Å²) in [7, 11) is 0. The molecule has 1 aliphatic heterocycles. The van der Waals surface area contributed by atoms with E-state index in [-0.39, 0.29) is 0 Å². The largest absolute Gasteiger partial charge is 0.490 e. The second-order valence-electron chi connectivity index (χ2n) is 6.81. The van der Waals surface area contributed by atoms with Crippen LogP contribution < -0.4 is 4.74 Å². The van der Waals surface area contributed by atoms with Crippen molar-refractivity contribution in [3.63, 3.8) is 0 Å². The molecule has 4 rings (SSSR count). The molecule has 4 heteroatoms. The lowest BCUT2D eigenvalue weighted by atomic mass is 9.92. The predicted molar refractivity (Wildman–Crippen MR) is 88.3 cm³/mol. The van der Waals surface area contributed by atoms with Crippen LogP contribution in [-0.2, 0) is 0 Å². The number of H-pyrrole nitrogens is 1. The molecule has 1 aliphatic carbocycles. The maximum absolute atomic E-state index is 6.31. The van der Waals surface area contributed by atoms with E-state index in [0.29, 0.717) is 6.10 Å². The van der Waals surface area contributed by atoms with Gasteiger partial charge in [0.25, 0.3) is 0 Å². The van der Waals surface area contributed by atoms with E-state index >= 15 is 0 Å².